The Morgan fingerprint density at radius 2 is 2.14 bits per heavy atom. The van der Waals surface area contributed by atoms with E-state index < -0.39 is 29.7 Å². The molecule has 0 spiro atoms. The SMILES string of the molecule is CCOC(=O)[C@@H](C)C[C@@H](NC(=O)c1cccnc1)C(N)=O. The first-order valence-corrected chi connectivity index (χ1v) is 6.62. The number of nitrogens with two attached hydrogens (primary N) is 1. The number of ether oxygens (including phenoxy) is 1. The minimum atomic E-state index is -0.947. The Bertz CT molecular complexity index is 504. The molecule has 0 aliphatic carbocycles. The van der Waals surface area contributed by atoms with Crippen molar-refractivity contribution in [3.63, 3.8) is 0 Å². The Kier molecular flexibility index (Phi) is 6.32. The lowest BCUT2D eigenvalue weighted by Gasteiger charge is -2.18. The predicted octanol–water partition coefficient (Wildman–Crippen LogP) is 0.255. The van der Waals surface area contributed by atoms with Crippen LogP contribution in [0.5, 0.6) is 0 Å². The molecule has 0 unspecified atom stereocenters. The molecule has 0 aliphatic rings. The molecule has 3 N–H and O–H groups in total. The summed E-state index contributed by atoms with van der Waals surface area (Å²) in [5.74, 6) is -2.15. The highest BCUT2D eigenvalue weighted by Gasteiger charge is 2.25. The van der Waals surface area contributed by atoms with Crippen molar-refractivity contribution in [3.8, 4) is 0 Å². The third-order valence-electron chi connectivity index (χ3n) is 2.85. The van der Waals surface area contributed by atoms with E-state index in [1.54, 1.807) is 26.0 Å². The van der Waals surface area contributed by atoms with Crippen LogP contribution in [0.1, 0.15) is 30.6 Å². The second kappa shape index (κ2) is 7.98. The van der Waals surface area contributed by atoms with E-state index in [1.165, 1.54) is 12.4 Å². The fourth-order valence-electron chi connectivity index (χ4n) is 1.72. The van der Waals surface area contributed by atoms with Crippen molar-refractivity contribution in [1.29, 1.82) is 0 Å². The van der Waals surface area contributed by atoms with Gasteiger partial charge < -0.3 is 15.8 Å². The zero-order chi connectivity index (χ0) is 15.8. The number of aromatic nitrogens is 1. The summed E-state index contributed by atoms with van der Waals surface area (Å²) in [6, 6.07) is 2.22. The maximum Gasteiger partial charge on any atom is 0.308 e. The Labute approximate surface area is 122 Å². The number of carbonyl (C=O) groups is 3. The molecule has 1 rings (SSSR count). The van der Waals surface area contributed by atoms with Crippen molar-refractivity contribution in [2.75, 3.05) is 6.61 Å². The largest absolute Gasteiger partial charge is 0.466 e. The predicted molar refractivity (Wildman–Crippen MR) is 75.1 cm³/mol. The summed E-state index contributed by atoms with van der Waals surface area (Å²) in [6.07, 6.45) is 2.99. The molecule has 2 atom stereocenters. The van der Waals surface area contributed by atoms with E-state index in [2.05, 4.69) is 10.3 Å². The molecule has 0 saturated carbocycles. The number of primary amides is 1. The maximum absolute atomic E-state index is 12.0. The van der Waals surface area contributed by atoms with E-state index in [0.29, 0.717) is 5.56 Å². The van der Waals surface area contributed by atoms with Gasteiger partial charge in [-0.3, -0.25) is 19.4 Å². The van der Waals surface area contributed by atoms with E-state index in [1.807, 2.05) is 0 Å². The summed E-state index contributed by atoms with van der Waals surface area (Å²) in [4.78, 5) is 38.8. The van der Waals surface area contributed by atoms with Crippen molar-refractivity contribution in [1.82, 2.24) is 10.3 Å². The molecular weight excluding hydrogens is 274 g/mol. The van der Waals surface area contributed by atoms with E-state index in [4.69, 9.17) is 10.5 Å². The van der Waals surface area contributed by atoms with Crippen molar-refractivity contribution < 1.29 is 19.1 Å². The topological polar surface area (TPSA) is 111 Å². The number of hydrogen-bond acceptors (Lipinski definition) is 5. The fourth-order valence-corrected chi connectivity index (χ4v) is 1.72. The molecule has 7 heteroatoms. The van der Waals surface area contributed by atoms with Gasteiger partial charge in [-0.2, -0.15) is 0 Å². The van der Waals surface area contributed by atoms with Crippen molar-refractivity contribution in [2.45, 2.75) is 26.3 Å². The van der Waals surface area contributed by atoms with E-state index in [-0.39, 0.29) is 13.0 Å². The minimum Gasteiger partial charge on any atom is -0.466 e. The Morgan fingerprint density at radius 3 is 2.67 bits per heavy atom. The number of carbonyl (C=O) groups excluding carboxylic acids is 3. The molecule has 7 nitrogen and oxygen atoms in total. The molecule has 1 heterocycles. The summed E-state index contributed by atoms with van der Waals surface area (Å²) in [5, 5.41) is 2.50. The van der Waals surface area contributed by atoms with Crippen LogP contribution in [-0.2, 0) is 14.3 Å². The monoisotopic (exact) mass is 293 g/mol. The highest BCUT2D eigenvalue weighted by molar-refractivity contribution is 5.97. The molecule has 2 amide bonds. The number of pyridine rings is 1. The molecule has 114 valence electrons. The summed E-state index contributed by atoms with van der Waals surface area (Å²) < 4.78 is 4.86. The number of nitrogens with zero attached hydrogens (tertiary/aromatic N) is 1. The molecule has 0 aromatic carbocycles. The van der Waals surface area contributed by atoms with Gasteiger partial charge in [0.15, 0.2) is 0 Å². The van der Waals surface area contributed by atoms with Crippen molar-refractivity contribution in [2.24, 2.45) is 11.7 Å². The molecule has 1 aromatic heterocycles. The highest BCUT2D eigenvalue weighted by Crippen LogP contribution is 2.09. The Hall–Kier alpha value is -2.44. The second-order valence-corrected chi connectivity index (χ2v) is 4.56. The van der Waals surface area contributed by atoms with Gasteiger partial charge in [-0.1, -0.05) is 6.92 Å². The number of nitrogens with one attached hydrogen (secondary N) is 1. The molecule has 21 heavy (non-hydrogen) atoms. The number of rotatable bonds is 7. The molecule has 0 saturated heterocycles. The minimum absolute atomic E-state index is 0.0835. The summed E-state index contributed by atoms with van der Waals surface area (Å²) in [6.45, 7) is 3.57. The first kappa shape index (κ1) is 16.6. The molecule has 0 bridgehead atoms. The van der Waals surface area contributed by atoms with Gasteiger partial charge in [-0.25, -0.2) is 0 Å². The van der Waals surface area contributed by atoms with Crippen LogP contribution in [-0.4, -0.2) is 35.4 Å². The van der Waals surface area contributed by atoms with Gasteiger partial charge in [-0.15, -0.1) is 0 Å². The smallest absolute Gasteiger partial charge is 0.308 e. The van der Waals surface area contributed by atoms with Gasteiger partial charge in [0.25, 0.3) is 5.91 Å². The van der Waals surface area contributed by atoms with Crippen LogP contribution >= 0.6 is 0 Å². The number of hydrogen-bond donors (Lipinski definition) is 2. The van der Waals surface area contributed by atoms with Crippen LogP contribution in [0.4, 0.5) is 0 Å². The molecule has 0 radical (unpaired) electrons. The zero-order valence-corrected chi connectivity index (χ0v) is 12.0. The first-order chi connectivity index (χ1) is 9.95. The average Bonchev–Trinajstić information content (AvgIpc) is 2.47. The lowest BCUT2D eigenvalue weighted by molar-refractivity contribution is -0.147. The summed E-state index contributed by atoms with van der Waals surface area (Å²) >= 11 is 0. The van der Waals surface area contributed by atoms with Gasteiger partial charge in [-0.05, 0) is 25.5 Å². The quantitative estimate of drug-likeness (QED) is 0.700. The third kappa shape index (κ3) is 5.21. The van der Waals surface area contributed by atoms with Crippen LogP contribution in [0, 0.1) is 5.92 Å². The van der Waals surface area contributed by atoms with Crippen molar-refractivity contribution in [3.05, 3.63) is 30.1 Å². The summed E-state index contributed by atoms with van der Waals surface area (Å²) in [5.41, 5.74) is 5.58. The number of amides is 2. The van der Waals surface area contributed by atoms with E-state index in [9.17, 15) is 14.4 Å². The molecule has 0 aliphatic heterocycles. The van der Waals surface area contributed by atoms with Gasteiger partial charge in [0.05, 0.1) is 18.1 Å². The average molecular weight is 293 g/mol. The van der Waals surface area contributed by atoms with Crippen LogP contribution < -0.4 is 11.1 Å². The van der Waals surface area contributed by atoms with Gasteiger partial charge in [0, 0.05) is 12.4 Å². The molecule has 0 fully saturated rings. The normalized spacial score (nSPS) is 13.0. The van der Waals surface area contributed by atoms with Crippen LogP contribution in [0.3, 0.4) is 0 Å². The lowest BCUT2D eigenvalue weighted by atomic mass is 10.0. The fraction of sp³-hybridized carbons (Fsp3) is 0.429. The van der Waals surface area contributed by atoms with E-state index in [0.717, 1.165) is 0 Å². The standard InChI is InChI=1S/C14H19N3O4/c1-3-21-14(20)9(2)7-11(12(15)18)17-13(19)10-5-4-6-16-8-10/h4-6,8-9,11H,3,7H2,1-2H3,(H2,15,18)(H,17,19)/t9-,11+/m0/s1. The second-order valence-electron chi connectivity index (χ2n) is 4.56. The lowest BCUT2D eigenvalue weighted by Crippen LogP contribution is -2.46. The third-order valence-corrected chi connectivity index (χ3v) is 2.85. The van der Waals surface area contributed by atoms with Crippen molar-refractivity contribution >= 4 is 17.8 Å². The van der Waals surface area contributed by atoms with Gasteiger partial charge in [0.2, 0.25) is 5.91 Å². The molecule has 1 aromatic rings. The number of esters is 1. The van der Waals surface area contributed by atoms with Gasteiger partial charge in [0.1, 0.15) is 6.04 Å². The van der Waals surface area contributed by atoms with Crippen LogP contribution in [0.25, 0.3) is 0 Å². The summed E-state index contributed by atoms with van der Waals surface area (Å²) in [7, 11) is 0. The van der Waals surface area contributed by atoms with Crippen LogP contribution in [0.15, 0.2) is 24.5 Å². The van der Waals surface area contributed by atoms with Gasteiger partial charge >= 0.3 is 5.97 Å². The first-order valence-electron chi connectivity index (χ1n) is 6.62. The maximum atomic E-state index is 12.0. The Balaban J connectivity index is 2.68. The van der Waals surface area contributed by atoms with Crippen LogP contribution in [0.2, 0.25) is 0 Å². The zero-order valence-electron chi connectivity index (χ0n) is 12.0. The highest BCUT2D eigenvalue weighted by atomic mass is 16.5. The van der Waals surface area contributed by atoms with E-state index >= 15 is 0 Å². The molecular formula is C14H19N3O4. The Morgan fingerprint density at radius 1 is 1.43 bits per heavy atom.